The van der Waals surface area contributed by atoms with Crippen molar-refractivity contribution in [2.45, 2.75) is 25.3 Å². The molecule has 0 saturated heterocycles. The first-order valence-corrected chi connectivity index (χ1v) is 7.34. The van der Waals surface area contributed by atoms with Gasteiger partial charge in [0, 0.05) is 21.2 Å². The lowest BCUT2D eigenvalue weighted by molar-refractivity contribution is 0.413. The molecule has 0 bridgehead atoms. The minimum atomic E-state index is -0.544. The molecular weight excluding hydrogens is 315 g/mol. The van der Waals surface area contributed by atoms with E-state index < -0.39 is 5.54 Å². The summed E-state index contributed by atoms with van der Waals surface area (Å²) in [4.78, 5) is 5.31. The van der Waals surface area contributed by atoms with E-state index in [9.17, 15) is 4.39 Å². The molecule has 18 heavy (non-hydrogen) atoms. The third-order valence-electron chi connectivity index (χ3n) is 2.98. The van der Waals surface area contributed by atoms with Gasteiger partial charge in [-0.3, -0.25) is 4.98 Å². The summed E-state index contributed by atoms with van der Waals surface area (Å²) in [6.07, 6.45) is 2.68. The fourth-order valence-electron chi connectivity index (χ4n) is 1.82. The van der Waals surface area contributed by atoms with E-state index in [1.165, 1.54) is 17.1 Å². The number of rotatable bonds is 4. The van der Waals surface area contributed by atoms with Gasteiger partial charge in [-0.2, -0.15) is 0 Å². The first-order valence-electron chi connectivity index (χ1n) is 5.67. The van der Waals surface area contributed by atoms with Crippen LogP contribution in [-0.2, 0) is 12.0 Å². The van der Waals surface area contributed by atoms with E-state index in [-0.39, 0.29) is 5.82 Å². The van der Waals surface area contributed by atoms with Crippen molar-refractivity contribution in [1.82, 2.24) is 4.98 Å². The van der Waals surface area contributed by atoms with Crippen LogP contribution in [0.5, 0.6) is 0 Å². The molecular formula is C13H14BrFN2S. The molecule has 2 N–H and O–H groups in total. The number of aromatic nitrogens is 1. The van der Waals surface area contributed by atoms with Gasteiger partial charge in [0.1, 0.15) is 5.82 Å². The van der Waals surface area contributed by atoms with E-state index in [4.69, 9.17) is 5.73 Å². The van der Waals surface area contributed by atoms with Crippen LogP contribution in [0.4, 0.5) is 4.39 Å². The average molecular weight is 329 g/mol. The van der Waals surface area contributed by atoms with Gasteiger partial charge in [0.05, 0.1) is 17.4 Å². The number of halogens is 2. The van der Waals surface area contributed by atoms with Crippen molar-refractivity contribution in [3.63, 3.8) is 0 Å². The van der Waals surface area contributed by atoms with E-state index in [2.05, 4.69) is 27.0 Å². The van der Waals surface area contributed by atoms with Crippen LogP contribution in [0.15, 0.2) is 34.2 Å². The maximum atomic E-state index is 12.9. The average Bonchev–Trinajstić information content (AvgIpc) is 2.75. The Labute approximate surface area is 118 Å². The van der Waals surface area contributed by atoms with Gasteiger partial charge in [0.15, 0.2) is 0 Å². The summed E-state index contributed by atoms with van der Waals surface area (Å²) in [5.41, 5.74) is 6.61. The lowest BCUT2D eigenvalue weighted by Gasteiger charge is -2.27. The zero-order valence-corrected chi connectivity index (χ0v) is 12.4. The van der Waals surface area contributed by atoms with Crippen LogP contribution in [0.2, 0.25) is 0 Å². The van der Waals surface area contributed by atoms with Crippen LogP contribution in [0.25, 0.3) is 0 Å². The van der Waals surface area contributed by atoms with Crippen LogP contribution in [-0.4, -0.2) is 4.98 Å². The summed E-state index contributed by atoms with van der Waals surface area (Å²) in [6, 6.07) is 5.14. The predicted molar refractivity (Wildman–Crippen MR) is 76.1 cm³/mol. The maximum Gasteiger partial charge on any atom is 0.141 e. The Morgan fingerprint density at radius 1 is 1.50 bits per heavy atom. The second-order valence-corrected chi connectivity index (χ2v) is 6.19. The summed E-state index contributed by atoms with van der Waals surface area (Å²) < 4.78 is 14.0. The highest BCUT2D eigenvalue weighted by molar-refractivity contribution is 9.10. The Morgan fingerprint density at radius 3 is 2.78 bits per heavy atom. The van der Waals surface area contributed by atoms with Gasteiger partial charge in [0.25, 0.3) is 0 Å². The zero-order valence-electron chi connectivity index (χ0n) is 9.99. The summed E-state index contributed by atoms with van der Waals surface area (Å²) in [5, 5.41) is 2.03. The van der Waals surface area contributed by atoms with Gasteiger partial charge < -0.3 is 5.73 Å². The van der Waals surface area contributed by atoms with Crippen molar-refractivity contribution >= 4 is 27.3 Å². The van der Waals surface area contributed by atoms with Gasteiger partial charge in [0.2, 0.25) is 0 Å². The summed E-state index contributed by atoms with van der Waals surface area (Å²) >= 11 is 5.09. The molecule has 1 unspecified atom stereocenters. The van der Waals surface area contributed by atoms with Gasteiger partial charge in [-0.25, -0.2) is 4.39 Å². The Kier molecular flexibility index (Phi) is 4.14. The minimum Gasteiger partial charge on any atom is -0.320 e. The molecule has 0 radical (unpaired) electrons. The van der Waals surface area contributed by atoms with Crippen molar-refractivity contribution < 1.29 is 4.39 Å². The Morgan fingerprint density at radius 2 is 2.28 bits per heavy atom. The second kappa shape index (κ2) is 5.47. The molecule has 0 aliphatic rings. The molecule has 0 saturated carbocycles. The smallest absolute Gasteiger partial charge is 0.141 e. The highest BCUT2D eigenvalue weighted by Crippen LogP contribution is 2.29. The quantitative estimate of drug-likeness (QED) is 0.925. The Bertz CT molecular complexity index is 526. The standard InChI is InChI=1S/C13H14BrFN2S/c1-2-13(16,6-11-5-9(14)8-18-11)12-4-3-10(15)7-17-12/h3-5,7-8H,2,6,16H2,1H3. The molecule has 0 aliphatic carbocycles. The number of hydrogen-bond donors (Lipinski definition) is 1. The summed E-state index contributed by atoms with van der Waals surface area (Å²) in [7, 11) is 0. The molecule has 0 fully saturated rings. The zero-order chi connectivity index (χ0) is 13.2. The van der Waals surface area contributed by atoms with Crippen LogP contribution in [0, 0.1) is 5.82 Å². The van der Waals surface area contributed by atoms with Crippen LogP contribution >= 0.6 is 27.3 Å². The SMILES string of the molecule is CCC(N)(Cc1cc(Br)cs1)c1ccc(F)cn1. The van der Waals surface area contributed by atoms with Crippen molar-refractivity contribution in [2.24, 2.45) is 5.73 Å². The largest absolute Gasteiger partial charge is 0.320 e. The molecule has 0 amide bonds. The fraction of sp³-hybridized carbons (Fsp3) is 0.308. The number of thiophene rings is 1. The molecule has 2 heterocycles. The number of pyridine rings is 1. The highest BCUT2D eigenvalue weighted by Gasteiger charge is 2.27. The molecule has 2 aromatic rings. The van der Waals surface area contributed by atoms with Crippen molar-refractivity contribution in [2.75, 3.05) is 0 Å². The van der Waals surface area contributed by atoms with Crippen molar-refractivity contribution in [3.8, 4) is 0 Å². The summed E-state index contributed by atoms with van der Waals surface area (Å²) in [6.45, 7) is 2.02. The highest BCUT2D eigenvalue weighted by atomic mass is 79.9. The fourth-order valence-corrected chi connectivity index (χ4v) is 3.40. The first kappa shape index (κ1) is 13.6. The van der Waals surface area contributed by atoms with Crippen LogP contribution < -0.4 is 5.73 Å². The molecule has 2 nitrogen and oxygen atoms in total. The van der Waals surface area contributed by atoms with Gasteiger partial charge >= 0.3 is 0 Å². The molecule has 0 spiro atoms. The van der Waals surface area contributed by atoms with E-state index in [1.54, 1.807) is 17.4 Å². The molecule has 96 valence electrons. The number of hydrogen-bond acceptors (Lipinski definition) is 3. The predicted octanol–water partition coefficient (Wildman–Crippen LogP) is 3.85. The second-order valence-electron chi connectivity index (χ2n) is 4.28. The molecule has 0 aliphatic heterocycles. The first-order chi connectivity index (χ1) is 8.53. The number of nitrogens with zero attached hydrogens (tertiary/aromatic N) is 1. The summed E-state index contributed by atoms with van der Waals surface area (Å²) in [5.74, 6) is -0.337. The van der Waals surface area contributed by atoms with Crippen molar-refractivity contribution in [3.05, 3.63) is 50.6 Å². The minimum absolute atomic E-state index is 0.337. The molecule has 1 atom stereocenters. The topological polar surface area (TPSA) is 38.9 Å². The van der Waals surface area contributed by atoms with Gasteiger partial charge in [-0.15, -0.1) is 11.3 Å². The van der Waals surface area contributed by atoms with Crippen molar-refractivity contribution in [1.29, 1.82) is 0 Å². The van der Waals surface area contributed by atoms with Crippen LogP contribution in [0.1, 0.15) is 23.9 Å². The van der Waals surface area contributed by atoms with Gasteiger partial charge in [-0.05, 0) is 40.5 Å². The monoisotopic (exact) mass is 328 g/mol. The van der Waals surface area contributed by atoms with E-state index in [0.717, 1.165) is 16.6 Å². The Balaban J connectivity index is 2.27. The normalized spacial score (nSPS) is 14.4. The number of nitrogens with two attached hydrogens (primary N) is 1. The van der Waals surface area contributed by atoms with E-state index >= 15 is 0 Å². The molecule has 0 aromatic carbocycles. The van der Waals surface area contributed by atoms with E-state index in [0.29, 0.717) is 6.42 Å². The van der Waals surface area contributed by atoms with E-state index in [1.807, 2.05) is 12.3 Å². The lowest BCUT2D eigenvalue weighted by Crippen LogP contribution is -2.39. The molecule has 2 rings (SSSR count). The van der Waals surface area contributed by atoms with Gasteiger partial charge in [-0.1, -0.05) is 6.92 Å². The Hall–Kier alpha value is -0.780. The molecule has 2 aromatic heterocycles. The molecule has 5 heteroatoms. The third kappa shape index (κ3) is 2.96. The third-order valence-corrected chi connectivity index (χ3v) is 4.68. The van der Waals surface area contributed by atoms with Crippen LogP contribution in [0.3, 0.4) is 0 Å². The maximum absolute atomic E-state index is 12.9. The lowest BCUT2D eigenvalue weighted by atomic mass is 9.88.